The summed E-state index contributed by atoms with van der Waals surface area (Å²) in [6, 6.07) is 8.21. The van der Waals surface area contributed by atoms with E-state index in [-0.39, 0.29) is 5.91 Å². The van der Waals surface area contributed by atoms with E-state index in [4.69, 9.17) is 16.6 Å². The first-order valence-corrected chi connectivity index (χ1v) is 10.2. The predicted octanol–water partition coefficient (Wildman–Crippen LogP) is 4.43. The molecule has 1 aromatic carbocycles. The standard InChI is InChI=1S/C22H21ClN6O/c1-12-3-6-17(23)18(7-12)27-19-10-20(26-16-4-5-16)29-22(28-19)15(11-24-29)8-14-9-21(30)25-13(14)2/h3,6-8,10-11,16,26H,2,4-5,9H2,1H3,(H,25,30)(H,27,28)/b14-8+. The number of allylic oxidation sites excluding steroid dienone is 1. The van der Waals surface area contributed by atoms with Crippen LogP contribution in [0.1, 0.15) is 30.4 Å². The summed E-state index contributed by atoms with van der Waals surface area (Å²) in [5.41, 5.74) is 4.87. The van der Waals surface area contributed by atoms with Gasteiger partial charge in [0.2, 0.25) is 5.91 Å². The zero-order valence-electron chi connectivity index (χ0n) is 16.5. The second-order valence-electron chi connectivity index (χ2n) is 7.76. The third-order valence-corrected chi connectivity index (χ3v) is 5.50. The van der Waals surface area contributed by atoms with E-state index in [1.54, 1.807) is 10.7 Å². The number of carbonyl (C=O) groups is 1. The first-order valence-electron chi connectivity index (χ1n) is 9.84. The maximum atomic E-state index is 11.7. The van der Waals surface area contributed by atoms with Crippen LogP contribution in [0, 0.1) is 6.92 Å². The number of nitrogens with one attached hydrogen (secondary N) is 3. The molecule has 2 aliphatic rings. The van der Waals surface area contributed by atoms with E-state index < -0.39 is 0 Å². The minimum atomic E-state index is -0.0526. The van der Waals surface area contributed by atoms with E-state index in [0.29, 0.717) is 34.6 Å². The SMILES string of the molecule is C=C1NC(=O)C/C1=C\c1cnn2c(NC3CC3)cc(Nc3cc(C)ccc3Cl)nc12. The Hall–Kier alpha value is -3.32. The van der Waals surface area contributed by atoms with Gasteiger partial charge in [0.15, 0.2) is 5.65 Å². The molecule has 1 aliphatic carbocycles. The number of nitrogens with zero attached hydrogens (tertiary/aromatic N) is 3. The quantitative estimate of drug-likeness (QED) is 0.568. The van der Waals surface area contributed by atoms with E-state index in [1.165, 1.54) is 0 Å². The Morgan fingerprint density at radius 1 is 1.33 bits per heavy atom. The van der Waals surface area contributed by atoms with Gasteiger partial charge in [0.25, 0.3) is 0 Å². The number of anilines is 3. The lowest BCUT2D eigenvalue weighted by atomic mass is 10.1. The minimum absolute atomic E-state index is 0.0526. The van der Waals surface area contributed by atoms with Crippen molar-refractivity contribution in [1.29, 1.82) is 0 Å². The highest BCUT2D eigenvalue weighted by Gasteiger charge is 2.24. The zero-order chi connectivity index (χ0) is 20.8. The number of hydrogen-bond acceptors (Lipinski definition) is 5. The molecule has 0 unspecified atom stereocenters. The summed E-state index contributed by atoms with van der Waals surface area (Å²) in [5.74, 6) is 1.47. The van der Waals surface area contributed by atoms with Crippen LogP contribution < -0.4 is 16.0 Å². The monoisotopic (exact) mass is 420 g/mol. The Bertz CT molecular complexity index is 1220. The van der Waals surface area contributed by atoms with Gasteiger partial charge in [-0.15, -0.1) is 0 Å². The molecule has 8 heteroatoms. The summed E-state index contributed by atoms with van der Waals surface area (Å²) < 4.78 is 1.79. The van der Waals surface area contributed by atoms with Gasteiger partial charge in [-0.2, -0.15) is 9.61 Å². The van der Waals surface area contributed by atoms with Gasteiger partial charge >= 0.3 is 0 Å². The summed E-state index contributed by atoms with van der Waals surface area (Å²) >= 11 is 6.37. The Balaban J connectivity index is 1.59. The lowest BCUT2D eigenvalue weighted by Crippen LogP contribution is -2.10. The van der Waals surface area contributed by atoms with Crippen LogP contribution in [0.15, 0.2) is 48.3 Å². The molecule has 3 heterocycles. The number of aryl methyl sites for hydroxylation is 1. The topological polar surface area (TPSA) is 83.4 Å². The van der Waals surface area contributed by atoms with Crippen molar-refractivity contribution in [1.82, 2.24) is 19.9 Å². The second kappa shape index (κ2) is 7.18. The highest BCUT2D eigenvalue weighted by atomic mass is 35.5. The van der Waals surface area contributed by atoms with Crippen LogP contribution in [-0.2, 0) is 4.79 Å². The van der Waals surface area contributed by atoms with Crippen molar-refractivity contribution in [2.45, 2.75) is 32.2 Å². The molecule has 5 rings (SSSR count). The molecule has 3 N–H and O–H groups in total. The Morgan fingerprint density at radius 2 is 2.17 bits per heavy atom. The summed E-state index contributed by atoms with van der Waals surface area (Å²) in [6.45, 7) is 5.93. The number of hydrogen-bond donors (Lipinski definition) is 3. The first-order chi connectivity index (χ1) is 14.5. The van der Waals surface area contributed by atoms with Gasteiger partial charge in [0.1, 0.15) is 11.6 Å². The molecule has 0 bridgehead atoms. The maximum Gasteiger partial charge on any atom is 0.228 e. The van der Waals surface area contributed by atoms with Gasteiger partial charge in [-0.25, -0.2) is 4.98 Å². The molecule has 0 radical (unpaired) electrons. The fraction of sp³-hybridized carbons (Fsp3) is 0.227. The van der Waals surface area contributed by atoms with Crippen molar-refractivity contribution in [2.75, 3.05) is 10.6 Å². The average Bonchev–Trinajstić information content (AvgIpc) is 3.34. The van der Waals surface area contributed by atoms with Crippen LogP contribution in [0.3, 0.4) is 0 Å². The molecular formula is C22H21ClN6O. The Labute approximate surface area is 178 Å². The smallest absolute Gasteiger partial charge is 0.228 e. The van der Waals surface area contributed by atoms with Crippen LogP contribution in [0.2, 0.25) is 5.02 Å². The summed E-state index contributed by atoms with van der Waals surface area (Å²) in [6.07, 6.45) is 6.26. The molecule has 7 nitrogen and oxygen atoms in total. The molecule has 1 saturated carbocycles. The van der Waals surface area contributed by atoms with E-state index in [9.17, 15) is 4.79 Å². The Morgan fingerprint density at radius 3 is 2.90 bits per heavy atom. The zero-order valence-corrected chi connectivity index (χ0v) is 17.3. The molecule has 30 heavy (non-hydrogen) atoms. The third-order valence-electron chi connectivity index (χ3n) is 5.17. The first kappa shape index (κ1) is 18.7. The summed E-state index contributed by atoms with van der Waals surface area (Å²) in [4.78, 5) is 16.5. The van der Waals surface area contributed by atoms with Crippen molar-refractivity contribution in [3.8, 4) is 0 Å². The molecular weight excluding hydrogens is 400 g/mol. The molecule has 152 valence electrons. The number of halogens is 1. The highest BCUT2D eigenvalue weighted by molar-refractivity contribution is 6.33. The van der Waals surface area contributed by atoms with E-state index >= 15 is 0 Å². The fourth-order valence-electron chi connectivity index (χ4n) is 3.46. The molecule has 1 aliphatic heterocycles. The lowest BCUT2D eigenvalue weighted by molar-refractivity contribution is -0.118. The van der Waals surface area contributed by atoms with Crippen LogP contribution in [0.4, 0.5) is 17.3 Å². The van der Waals surface area contributed by atoms with Gasteiger partial charge in [0.05, 0.1) is 23.3 Å². The van der Waals surface area contributed by atoms with E-state index in [0.717, 1.165) is 41.0 Å². The van der Waals surface area contributed by atoms with Crippen molar-refractivity contribution >= 4 is 46.6 Å². The summed E-state index contributed by atoms with van der Waals surface area (Å²) in [7, 11) is 0. The van der Waals surface area contributed by atoms with Gasteiger partial charge in [-0.05, 0) is 49.1 Å². The molecule has 2 fully saturated rings. The van der Waals surface area contributed by atoms with Crippen molar-refractivity contribution in [3.63, 3.8) is 0 Å². The fourth-order valence-corrected chi connectivity index (χ4v) is 3.62. The highest BCUT2D eigenvalue weighted by Crippen LogP contribution is 2.31. The second-order valence-corrected chi connectivity index (χ2v) is 8.17. The van der Waals surface area contributed by atoms with Crippen LogP contribution in [0.25, 0.3) is 11.7 Å². The molecule has 0 spiro atoms. The van der Waals surface area contributed by atoms with Crippen molar-refractivity contribution in [2.24, 2.45) is 0 Å². The minimum Gasteiger partial charge on any atom is -0.367 e. The molecule has 3 aromatic rings. The predicted molar refractivity (Wildman–Crippen MR) is 119 cm³/mol. The number of benzene rings is 1. The van der Waals surface area contributed by atoms with Gasteiger partial charge in [-0.1, -0.05) is 24.2 Å². The third kappa shape index (κ3) is 3.64. The number of amides is 1. The molecule has 0 atom stereocenters. The van der Waals surface area contributed by atoms with Crippen LogP contribution in [-0.4, -0.2) is 26.5 Å². The van der Waals surface area contributed by atoms with Crippen LogP contribution in [0.5, 0.6) is 0 Å². The number of aromatic nitrogens is 3. The molecule has 2 aromatic heterocycles. The number of rotatable bonds is 5. The van der Waals surface area contributed by atoms with E-state index in [1.807, 2.05) is 37.3 Å². The van der Waals surface area contributed by atoms with E-state index in [2.05, 4.69) is 27.6 Å². The molecule has 1 amide bonds. The van der Waals surface area contributed by atoms with Crippen molar-refractivity contribution in [3.05, 3.63) is 64.5 Å². The number of carbonyl (C=O) groups excluding carboxylic acids is 1. The van der Waals surface area contributed by atoms with Gasteiger partial charge in [0, 0.05) is 23.4 Å². The average molecular weight is 421 g/mol. The maximum absolute atomic E-state index is 11.7. The summed E-state index contributed by atoms with van der Waals surface area (Å²) in [5, 5.41) is 14.7. The largest absolute Gasteiger partial charge is 0.367 e. The van der Waals surface area contributed by atoms with Gasteiger partial charge < -0.3 is 16.0 Å². The lowest BCUT2D eigenvalue weighted by Gasteiger charge is -2.13. The van der Waals surface area contributed by atoms with Crippen LogP contribution >= 0.6 is 11.6 Å². The number of fused-ring (bicyclic) bond motifs is 1. The Kier molecular flexibility index (Phi) is 4.47. The molecule has 1 saturated heterocycles. The van der Waals surface area contributed by atoms with Gasteiger partial charge in [-0.3, -0.25) is 4.79 Å². The van der Waals surface area contributed by atoms with Crippen molar-refractivity contribution < 1.29 is 4.79 Å². The normalized spacial score (nSPS) is 17.6.